The Morgan fingerprint density at radius 2 is 1.21 bits per heavy atom. The van der Waals surface area contributed by atoms with Gasteiger partial charge in [0.2, 0.25) is 70.9 Å². The van der Waals surface area contributed by atoms with Crippen molar-refractivity contribution in [1.29, 1.82) is 0 Å². The van der Waals surface area contributed by atoms with E-state index in [1.54, 1.807) is 18.7 Å². The zero-order valence-corrected chi connectivity index (χ0v) is 63.8. The Bertz CT molecular complexity index is 3190. The highest BCUT2D eigenvalue weighted by Gasteiger charge is 2.51. The number of aryl methyl sites for hydroxylation is 1. The molecule has 3 N–H and O–H groups in total. The van der Waals surface area contributed by atoms with Crippen LogP contribution in [0.3, 0.4) is 0 Å². The van der Waals surface area contributed by atoms with Gasteiger partial charge in [-0.15, -0.1) is 0 Å². The molecule has 1 spiro atoms. The Morgan fingerprint density at radius 3 is 1.79 bits per heavy atom. The van der Waals surface area contributed by atoms with Crippen LogP contribution in [0.5, 0.6) is 0 Å². The number of halogens is 4. The van der Waals surface area contributed by atoms with Crippen molar-refractivity contribution in [2.75, 3.05) is 82.1 Å². The van der Waals surface area contributed by atoms with Gasteiger partial charge in [-0.25, -0.2) is 0 Å². The molecule has 3 saturated carbocycles. The van der Waals surface area contributed by atoms with Crippen LogP contribution in [-0.4, -0.2) is 251 Å². The zero-order chi connectivity index (χ0) is 75.9. The summed E-state index contributed by atoms with van der Waals surface area (Å²) in [4.78, 5) is 193. The summed E-state index contributed by atoms with van der Waals surface area (Å²) in [6, 6.07) is -6.68. The third-order valence-corrected chi connectivity index (χ3v) is 23.3. The molecule has 3 saturated heterocycles. The third kappa shape index (κ3) is 20.7. The fourth-order valence-electron chi connectivity index (χ4n) is 16.2. The molecule has 3 aliphatic carbocycles. The van der Waals surface area contributed by atoms with E-state index in [2.05, 4.69) is 16.0 Å². The van der Waals surface area contributed by atoms with Crippen LogP contribution in [0.4, 0.5) is 13.2 Å². The Balaban J connectivity index is 1.31. The van der Waals surface area contributed by atoms with Gasteiger partial charge in [0.25, 0.3) is 0 Å². The van der Waals surface area contributed by atoms with Crippen LogP contribution < -0.4 is 16.0 Å². The number of carbonyl (C=O) groups is 12. The van der Waals surface area contributed by atoms with Gasteiger partial charge in [-0.1, -0.05) is 129 Å². The second-order valence-corrected chi connectivity index (χ2v) is 31.2. The standard InChI is InChI=1S/C75H116ClF3N12O12/c1-13-26-55-66(96)82-74(36-22-23-37-74)73(103)89(12)64(51-29-20-16-21-30-51)72(102)88(11)59(70(100)90-38-24-17-25-39-90)44-61(93)85(8)57(41-47(3)4)65(95)81-63(48(5)14-2)71(101)84(7)46-62(94)91-40-35-56(91)69(99)87(10)58(43-49-27-18-15-19-28-49)68(98)83(6)45-60(92)80-54(67(97)86(55)9)34-32-50-31-33-52(53(76)42-50)75(77,78)79/h31,33,42,47-49,51,54-59,63-64H,13-30,32,34-41,43-46H2,1-12H3,(H,80,92)(H,81,95)(H,82,96)/t48-,54-,55-,56?,57-,58-,59-,63-,64-/m0/s1. The number of hydrogen-bond donors (Lipinski definition) is 3. The highest BCUT2D eigenvalue weighted by molar-refractivity contribution is 6.31. The molecule has 28 heteroatoms. The number of nitrogens with one attached hydrogen (secondary N) is 3. The normalized spacial score (nSPS) is 27.1. The van der Waals surface area contributed by atoms with Gasteiger partial charge in [-0.3, -0.25) is 57.5 Å². The highest BCUT2D eigenvalue weighted by atomic mass is 35.5. The lowest BCUT2D eigenvalue weighted by atomic mass is 9.81. The summed E-state index contributed by atoms with van der Waals surface area (Å²) in [5.41, 5.74) is -2.38. The SMILES string of the molecule is CCC[C@H]1C(=O)NC2(CCCC2)C(=O)N(C)[C@@H](C2CCCCC2)C(=O)N(C)[C@H](C(=O)N2CCCCC2)CC(=O)N(C)[C@@H](CC(C)C)C(=O)N[C@@H]([C@@H](C)CC)C(=O)N(C)CC(=O)N2CCC2C(=O)N(C)[C@@H](CC2CCCCC2)C(=O)N(C)CC(=O)N[C@@H](CCc2ccc(C(F)(F)F)c(Cl)c2)C(=O)N1C. The molecule has 9 atom stereocenters. The van der Waals surface area contributed by atoms with E-state index in [1.807, 2.05) is 20.8 Å². The fourth-order valence-corrected chi connectivity index (χ4v) is 16.6. The van der Waals surface area contributed by atoms with Gasteiger partial charge in [-0.05, 0) is 125 Å². The molecule has 6 aliphatic rings. The molecule has 0 radical (unpaired) electrons. The van der Waals surface area contributed by atoms with Gasteiger partial charge in [-0.2, -0.15) is 13.2 Å². The molecular formula is C75H116ClF3N12O12. The second kappa shape index (κ2) is 37.3. The minimum atomic E-state index is -4.76. The van der Waals surface area contributed by atoms with E-state index in [1.165, 1.54) is 89.7 Å². The van der Waals surface area contributed by atoms with E-state index < -0.39 is 173 Å². The van der Waals surface area contributed by atoms with Crippen LogP contribution in [0.15, 0.2) is 18.2 Å². The number of benzene rings is 1. The largest absolute Gasteiger partial charge is 0.417 e. The van der Waals surface area contributed by atoms with Gasteiger partial charge in [0.05, 0.1) is 30.1 Å². The predicted molar refractivity (Wildman–Crippen MR) is 383 cm³/mol. The summed E-state index contributed by atoms with van der Waals surface area (Å²) in [5, 5.41) is 8.21. The van der Waals surface area contributed by atoms with Crippen molar-refractivity contribution in [3.8, 4) is 0 Å². The molecular weight excluding hydrogens is 1350 g/mol. The molecule has 6 fully saturated rings. The maximum absolute atomic E-state index is 15.9. The monoisotopic (exact) mass is 1470 g/mol. The maximum atomic E-state index is 15.9. The number of carbonyl (C=O) groups excluding carboxylic acids is 12. The summed E-state index contributed by atoms with van der Waals surface area (Å²) < 4.78 is 41.8. The summed E-state index contributed by atoms with van der Waals surface area (Å²) in [6.07, 6.45) is 7.21. The van der Waals surface area contributed by atoms with Crippen LogP contribution in [0.25, 0.3) is 0 Å². The van der Waals surface area contributed by atoms with Crippen LogP contribution in [0.2, 0.25) is 5.02 Å². The number of hydrogen-bond acceptors (Lipinski definition) is 12. The predicted octanol–water partition coefficient (Wildman–Crippen LogP) is 7.20. The number of alkyl halides is 3. The molecule has 3 heterocycles. The molecule has 576 valence electrons. The van der Waals surface area contributed by atoms with Crippen molar-refractivity contribution in [2.45, 2.75) is 262 Å². The van der Waals surface area contributed by atoms with E-state index in [-0.39, 0.29) is 69.7 Å². The van der Waals surface area contributed by atoms with Gasteiger partial charge < -0.3 is 60.0 Å². The van der Waals surface area contributed by atoms with E-state index in [0.717, 1.165) is 74.8 Å². The topological polar surface area (TPSA) is 270 Å². The Labute approximate surface area is 612 Å². The van der Waals surface area contributed by atoms with Crippen molar-refractivity contribution < 1.29 is 70.7 Å². The molecule has 1 unspecified atom stereocenters. The average molecular weight is 1470 g/mol. The third-order valence-electron chi connectivity index (χ3n) is 23.0. The molecule has 24 nitrogen and oxygen atoms in total. The maximum Gasteiger partial charge on any atom is 0.417 e. The van der Waals surface area contributed by atoms with Crippen molar-refractivity contribution >= 4 is 82.5 Å². The quantitative estimate of drug-likeness (QED) is 0.177. The minimum Gasteiger partial charge on any atom is -0.343 e. The molecule has 1 aromatic rings. The number of likely N-dealkylation sites (N-methyl/N-ethyl adjacent to an activating group) is 7. The highest BCUT2D eigenvalue weighted by Crippen LogP contribution is 2.39. The summed E-state index contributed by atoms with van der Waals surface area (Å²) in [5.74, 6) is -8.60. The fraction of sp³-hybridized carbons (Fsp3) is 0.760. The van der Waals surface area contributed by atoms with Crippen molar-refractivity contribution in [3.63, 3.8) is 0 Å². The number of fused-ring (bicyclic) bond motifs is 1. The number of piperidine rings is 1. The van der Waals surface area contributed by atoms with Gasteiger partial charge in [0.1, 0.15) is 53.9 Å². The Kier molecular flexibility index (Phi) is 30.1. The van der Waals surface area contributed by atoms with Crippen molar-refractivity contribution in [1.82, 2.24) is 60.0 Å². The number of likely N-dealkylation sites (tertiary alicyclic amines) is 1. The molecule has 0 bridgehead atoms. The van der Waals surface area contributed by atoms with E-state index >= 15 is 28.8 Å². The number of rotatable bonds is 13. The smallest absolute Gasteiger partial charge is 0.343 e. The lowest BCUT2D eigenvalue weighted by molar-refractivity contribution is -0.158. The minimum absolute atomic E-state index is 0.0226. The summed E-state index contributed by atoms with van der Waals surface area (Å²) in [6.45, 7) is 8.97. The van der Waals surface area contributed by atoms with Crippen molar-refractivity contribution in [3.05, 3.63) is 34.3 Å². The molecule has 12 amide bonds. The van der Waals surface area contributed by atoms with Gasteiger partial charge in [0.15, 0.2) is 0 Å². The Hall–Kier alpha value is -7.06. The van der Waals surface area contributed by atoms with Crippen molar-refractivity contribution in [2.24, 2.45) is 23.7 Å². The van der Waals surface area contributed by atoms with E-state index in [4.69, 9.17) is 11.6 Å². The molecule has 7 rings (SSSR count). The lowest BCUT2D eigenvalue weighted by Gasteiger charge is -2.44. The molecule has 103 heavy (non-hydrogen) atoms. The second-order valence-electron chi connectivity index (χ2n) is 30.8. The lowest BCUT2D eigenvalue weighted by Crippen LogP contribution is -2.65. The Morgan fingerprint density at radius 1 is 0.612 bits per heavy atom. The zero-order valence-electron chi connectivity index (χ0n) is 63.0. The van der Waals surface area contributed by atoms with E-state index in [0.29, 0.717) is 70.0 Å². The summed E-state index contributed by atoms with van der Waals surface area (Å²) in [7, 11) is 10.1. The first-order valence-electron chi connectivity index (χ1n) is 37.8. The first-order valence-corrected chi connectivity index (χ1v) is 38.2. The van der Waals surface area contributed by atoms with Crippen LogP contribution >= 0.6 is 11.6 Å². The first kappa shape index (κ1) is 83.2. The number of amides is 12. The van der Waals surface area contributed by atoms with Crippen LogP contribution in [0, 0.1) is 23.7 Å². The summed E-state index contributed by atoms with van der Waals surface area (Å²) >= 11 is 6.18. The first-order chi connectivity index (χ1) is 48.7. The molecule has 1 aromatic carbocycles. The van der Waals surface area contributed by atoms with Gasteiger partial charge >= 0.3 is 6.18 Å². The van der Waals surface area contributed by atoms with Crippen LogP contribution in [-0.2, 0) is 70.1 Å². The van der Waals surface area contributed by atoms with Crippen LogP contribution in [0.1, 0.15) is 206 Å². The van der Waals surface area contributed by atoms with Gasteiger partial charge in [0, 0.05) is 69.0 Å². The average Bonchev–Trinajstić information content (AvgIpc) is 1.77. The molecule has 3 aliphatic heterocycles. The van der Waals surface area contributed by atoms with E-state index in [9.17, 15) is 41.9 Å². The number of nitrogens with zero attached hydrogens (tertiary/aromatic N) is 9. The molecule has 0 aromatic heterocycles.